The van der Waals surface area contributed by atoms with Gasteiger partial charge in [0, 0.05) is 35.4 Å². The molecule has 0 amide bonds. The minimum absolute atomic E-state index is 0.190. The van der Waals surface area contributed by atoms with Gasteiger partial charge in [0.2, 0.25) is 0 Å². The summed E-state index contributed by atoms with van der Waals surface area (Å²) in [6, 6.07) is 3.77. The molecule has 1 N–H and O–H groups in total. The highest BCUT2D eigenvalue weighted by Gasteiger charge is 2.20. The summed E-state index contributed by atoms with van der Waals surface area (Å²) in [7, 11) is 0. The average molecular weight is 502 g/mol. The van der Waals surface area contributed by atoms with Gasteiger partial charge in [-0.2, -0.15) is 5.10 Å². The van der Waals surface area contributed by atoms with E-state index in [-0.39, 0.29) is 5.82 Å². The molecule has 37 heavy (non-hydrogen) atoms. The first kappa shape index (κ1) is 26.8. The number of nitrogens with one attached hydrogen (secondary N) is 1. The molecule has 0 spiro atoms. The fourth-order valence-electron chi connectivity index (χ4n) is 4.94. The van der Waals surface area contributed by atoms with Gasteiger partial charge >= 0.3 is 0 Å². The van der Waals surface area contributed by atoms with E-state index in [1.807, 2.05) is 28.0 Å². The van der Waals surface area contributed by atoms with Crippen molar-refractivity contribution in [3.05, 3.63) is 88.9 Å². The molecule has 196 valence electrons. The van der Waals surface area contributed by atoms with E-state index in [9.17, 15) is 0 Å². The molecule has 2 aliphatic rings. The van der Waals surface area contributed by atoms with Gasteiger partial charge in [-0.1, -0.05) is 42.7 Å². The lowest BCUT2D eigenvalue weighted by atomic mass is 9.88. The molecule has 2 aliphatic heterocycles. The quantitative estimate of drug-likeness (QED) is 0.384. The van der Waals surface area contributed by atoms with E-state index in [2.05, 4.69) is 62.3 Å². The van der Waals surface area contributed by atoms with Crippen LogP contribution in [0, 0.1) is 11.7 Å². The first-order chi connectivity index (χ1) is 17.9. The number of hydrogen-bond donors (Lipinski definition) is 1. The third-order valence-corrected chi connectivity index (χ3v) is 6.93. The molecule has 0 bridgehead atoms. The van der Waals surface area contributed by atoms with Gasteiger partial charge < -0.3 is 9.88 Å². The van der Waals surface area contributed by atoms with Crippen molar-refractivity contribution in [2.45, 2.75) is 59.8 Å². The lowest BCUT2D eigenvalue weighted by molar-refractivity contribution is 0.421. The lowest BCUT2D eigenvalue weighted by Gasteiger charge is -2.25. The van der Waals surface area contributed by atoms with Gasteiger partial charge in [0.1, 0.15) is 5.82 Å². The maximum Gasteiger partial charge on any atom is 0.131 e. The Labute approximate surface area is 221 Å². The number of imidazole rings is 1. The molecule has 0 aliphatic carbocycles. The smallest absolute Gasteiger partial charge is 0.131 e. The van der Waals surface area contributed by atoms with Crippen LogP contribution >= 0.6 is 0 Å². The number of allylic oxidation sites excluding steroid dienone is 5. The van der Waals surface area contributed by atoms with Crippen molar-refractivity contribution in [1.29, 1.82) is 0 Å². The minimum atomic E-state index is -0.190. The molecule has 5 nitrogen and oxygen atoms in total. The number of halogens is 1. The van der Waals surface area contributed by atoms with Crippen LogP contribution in [0.25, 0.3) is 11.8 Å². The van der Waals surface area contributed by atoms with Gasteiger partial charge in [0.05, 0.1) is 18.6 Å². The highest BCUT2D eigenvalue weighted by atomic mass is 19.1. The summed E-state index contributed by atoms with van der Waals surface area (Å²) in [6.07, 6.45) is 21.0. The normalized spacial score (nSPS) is 17.2. The Balaban J connectivity index is 1.75. The minimum Gasteiger partial charge on any atom is -0.317 e. The summed E-state index contributed by atoms with van der Waals surface area (Å²) < 4.78 is 17.8. The van der Waals surface area contributed by atoms with Gasteiger partial charge in [0.25, 0.3) is 0 Å². The SMILES string of the molecule is CCCC=CCc1cc(C2=NN(C=C(C)C)CC(n3ccnc3)=C2)cc(F)c1/C=C(\C)C1CCNCC1. The number of hydrazone groups is 1. The second-order valence-corrected chi connectivity index (χ2v) is 10.3. The van der Waals surface area contributed by atoms with Crippen molar-refractivity contribution in [3.8, 4) is 0 Å². The highest BCUT2D eigenvalue weighted by Crippen LogP contribution is 2.28. The van der Waals surface area contributed by atoms with E-state index < -0.39 is 0 Å². The van der Waals surface area contributed by atoms with Crippen molar-refractivity contribution in [2.24, 2.45) is 11.0 Å². The molecule has 2 aromatic rings. The second kappa shape index (κ2) is 12.8. The number of nitrogens with zero attached hydrogens (tertiary/aromatic N) is 4. The molecule has 1 saturated heterocycles. The van der Waals surface area contributed by atoms with Crippen molar-refractivity contribution < 1.29 is 4.39 Å². The van der Waals surface area contributed by atoms with Crippen molar-refractivity contribution >= 4 is 17.5 Å². The van der Waals surface area contributed by atoms with Crippen molar-refractivity contribution in [3.63, 3.8) is 0 Å². The number of hydrogen-bond acceptors (Lipinski definition) is 4. The van der Waals surface area contributed by atoms with Crippen LogP contribution in [0.4, 0.5) is 4.39 Å². The van der Waals surface area contributed by atoms with Crippen molar-refractivity contribution in [2.75, 3.05) is 19.6 Å². The molecule has 0 radical (unpaired) electrons. The first-order valence-corrected chi connectivity index (χ1v) is 13.5. The molecule has 1 aromatic heterocycles. The van der Waals surface area contributed by atoms with Crippen LogP contribution in [0.5, 0.6) is 0 Å². The molecule has 0 atom stereocenters. The predicted octanol–water partition coefficient (Wildman–Crippen LogP) is 6.81. The lowest BCUT2D eigenvalue weighted by Crippen LogP contribution is -2.28. The van der Waals surface area contributed by atoms with Gasteiger partial charge in [-0.3, -0.25) is 5.01 Å². The Morgan fingerprint density at radius 2 is 1.97 bits per heavy atom. The van der Waals surface area contributed by atoms with Crippen LogP contribution in [0.3, 0.4) is 0 Å². The second-order valence-electron chi connectivity index (χ2n) is 10.3. The van der Waals surface area contributed by atoms with Gasteiger partial charge in [0.15, 0.2) is 0 Å². The van der Waals surface area contributed by atoms with Crippen LogP contribution in [0.15, 0.2) is 71.5 Å². The monoisotopic (exact) mass is 501 g/mol. The number of rotatable bonds is 9. The topological polar surface area (TPSA) is 45.5 Å². The molecule has 3 heterocycles. The van der Waals surface area contributed by atoms with Gasteiger partial charge in [-0.15, -0.1) is 0 Å². The van der Waals surface area contributed by atoms with E-state index >= 15 is 4.39 Å². The molecule has 0 saturated carbocycles. The third-order valence-electron chi connectivity index (χ3n) is 6.93. The molecule has 6 heteroatoms. The maximum absolute atomic E-state index is 15.8. The number of aromatic nitrogens is 2. The molecule has 1 fully saturated rings. The Bertz CT molecular complexity index is 1210. The van der Waals surface area contributed by atoms with E-state index in [1.165, 1.54) is 5.57 Å². The van der Waals surface area contributed by atoms with Gasteiger partial charge in [-0.25, -0.2) is 9.37 Å². The van der Waals surface area contributed by atoms with E-state index in [0.717, 1.165) is 66.9 Å². The third kappa shape index (κ3) is 7.16. The Hall–Kier alpha value is -3.25. The number of unbranched alkanes of at least 4 members (excludes halogenated alkanes) is 1. The van der Waals surface area contributed by atoms with Crippen LogP contribution in [0.2, 0.25) is 0 Å². The van der Waals surface area contributed by atoms with E-state index in [4.69, 9.17) is 5.10 Å². The summed E-state index contributed by atoms with van der Waals surface area (Å²) in [5.41, 5.74) is 6.69. The Morgan fingerprint density at radius 3 is 2.68 bits per heavy atom. The zero-order valence-electron chi connectivity index (χ0n) is 22.7. The largest absolute Gasteiger partial charge is 0.317 e. The predicted molar refractivity (Wildman–Crippen MR) is 153 cm³/mol. The summed E-state index contributed by atoms with van der Waals surface area (Å²) in [5, 5.41) is 10.2. The summed E-state index contributed by atoms with van der Waals surface area (Å²) >= 11 is 0. The number of piperidine rings is 1. The Kier molecular flexibility index (Phi) is 9.29. The average Bonchev–Trinajstić information content (AvgIpc) is 3.43. The summed E-state index contributed by atoms with van der Waals surface area (Å²) in [4.78, 5) is 4.21. The fourth-order valence-corrected chi connectivity index (χ4v) is 4.94. The number of benzene rings is 1. The molecular formula is C31H40FN5. The van der Waals surface area contributed by atoms with Crippen LogP contribution in [0.1, 0.15) is 70.1 Å². The van der Waals surface area contributed by atoms with Crippen LogP contribution < -0.4 is 5.32 Å². The zero-order valence-corrected chi connectivity index (χ0v) is 22.7. The van der Waals surface area contributed by atoms with E-state index in [1.54, 1.807) is 18.6 Å². The Morgan fingerprint density at radius 1 is 1.16 bits per heavy atom. The first-order valence-electron chi connectivity index (χ1n) is 13.5. The molecular weight excluding hydrogens is 461 g/mol. The fraction of sp³-hybridized carbons (Fsp3) is 0.419. The maximum atomic E-state index is 15.8. The molecule has 4 rings (SSSR count). The summed E-state index contributed by atoms with van der Waals surface area (Å²) in [5.74, 6) is 0.314. The van der Waals surface area contributed by atoms with Crippen LogP contribution in [-0.4, -0.2) is 39.9 Å². The van der Waals surface area contributed by atoms with Gasteiger partial charge in [-0.05, 0) is 89.2 Å². The molecule has 0 unspecified atom stereocenters. The van der Waals surface area contributed by atoms with Crippen molar-refractivity contribution in [1.82, 2.24) is 19.9 Å². The van der Waals surface area contributed by atoms with E-state index in [0.29, 0.717) is 24.4 Å². The highest BCUT2D eigenvalue weighted by molar-refractivity contribution is 6.12. The van der Waals surface area contributed by atoms with Crippen LogP contribution in [-0.2, 0) is 6.42 Å². The summed E-state index contributed by atoms with van der Waals surface area (Å²) in [6.45, 7) is 11.1. The zero-order chi connectivity index (χ0) is 26.2. The standard InChI is InChI=1S/C31H40FN5/c1-5-6-7-8-9-26-17-27(18-30(32)29(26)16-24(4)25-10-12-33-13-11-25)31-19-28(36-15-14-34-22-36)21-37(35-31)20-23(2)3/h7-8,14-20,22,25,33H,5-6,9-13,21H2,1-4H3/b8-7?,24-16+. The molecule has 1 aromatic carbocycles.